The van der Waals surface area contributed by atoms with Gasteiger partial charge in [0.25, 0.3) is 0 Å². The van der Waals surface area contributed by atoms with E-state index in [4.69, 9.17) is 0 Å². The van der Waals surface area contributed by atoms with E-state index in [-0.39, 0.29) is 17.7 Å². The van der Waals surface area contributed by atoms with Crippen molar-refractivity contribution in [1.82, 2.24) is 4.98 Å². The normalized spacial score (nSPS) is 16.1. The number of nitrogens with zero attached hydrogens (tertiary/aromatic N) is 2. The summed E-state index contributed by atoms with van der Waals surface area (Å²) in [6.45, 7) is 1.40. The number of aliphatic imine (C=N–C) groups is 1. The van der Waals surface area contributed by atoms with Crippen molar-refractivity contribution in [3.63, 3.8) is 0 Å². The highest BCUT2D eigenvalue weighted by molar-refractivity contribution is 6.17. The van der Waals surface area contributed by atoms with Crippen LogP contribution in [0.25, 0.3) is 11.1 Å². The van der Waals surface area contributed by atoms with Gasteiger partial charge in [-0.3, -0.25) is 14.8 Å². The number of aromatic nitrogens is 1. The fourth-order valence-corrected chi connectivity index (χ4v) is 4.10. The fraction of sp³-hybridized carbons (Fsp3) is 0.240. The number of amides is 1. The number of rotatable bonds is 3. The van der Waals surface area contributed by atoms with Gasteiger partial charge in [0.05, 0.1) is 34.8 Å². The Labute approximate surface area is 183 Å². The summed E-state index contributed by atoms with van der Waals surface area (Å²) in [7, 11) is 0. The minimum Gasteiger partial charge on any atom is -0.324 e. The number of hydrogen-bond acceptors (Lipinski definition) is 3. The van der Waals surface area contributed by atoms with Crippen LogP contribution < -0.4 is 5.32 Å². The first-order chi connectivity index (χ1) is 15.3. The summed E-state index contributed by atoms with van der Waals surface area (Å²) < 4.78 is 39.9. The molecule has 1 aromatic heterocycles. The van der Waals surface area contributed by atoms with Crippen molar-refractivity contribution in [2.75, 3.05) is 5.32 Å². The van der Waals surface area contributed by atoms with Crippen LogP contribution in [0.2, 0.25) is 0 Å². The molecule has 1 amide bonds. The third-order valence-corrected chi connectivity index (χ3v) is 5.81. The largest absolute Gasteiger partial charge is 0.416 e. The highest BCUT2D eigenvalue weighted by Crippen LogP contribution is 2.43. The first-order valence-electron chi connectivity index (χ1n) is 10.4. The molecule has 0 saturated heterocycles. The molecule has 1 saturated carbocycles. The molecule has 2 heterocycles. The van der Waals surface area contributed by atoms with Crippen molar-refractivity contribution in [2.45, 2.75) is 38.3 Å². The molecule has 0 radical (unpaired) electrons. The molecular formula is C25H20F3N3O. The third-order valence-electron chi connectivity index (χ3n) is 5.81. The van der Waals surface area contributed by atoms with Gasteiger partial charge in [-0.1, -0.05) is 24.3 Å². The first kappa shape index (κ1) is 20.4. The van der Waals surface area contributed by atoms with Crippen LogP contribution in [0.3, 0.4) is 0 Å². The second kappa shape index (κ2) is 7.58. The number of carbonyl (C=O) groups is 1. The molecule has 2 aliphatic rings. The number of pyridine rings is 1. The smallest absolute Gasteiger partial charge is 0.324 e. The quantitative estimate of drug-likeness (QED) is 0.516. The van der Waals surface area contributed by atoms with Crippen molar-refractivity contribution in [3.05, 3.63) is 77.1 Å². The first-order valence-corrected chi connectivity index (χ1v) is 10.4. The lowest BCUT2D eigenvalue weighted by Crippen LogP contribution is -2.15. The minimum atomic E-state index is -4.50. The Bertz CT molecular complexity index is 1260. The second-order valence-corrected chi connectivity index (χ2v) is 8.26. The summed E-state index contributed by atoms with van der Waals surface area (Å²) in [4.78, 5) is 21.7. The van der Waals surface area contributed by atoms with Gasteiger partial charge in [-0.15, -0.1) is 0 Å². The van der Waals surface area contributed by atoms with Crippen molar-refractivity contribution in [1.29, 1.82) is 0 Å². The Morgan fingerprint density at radius 1 is 1.03 bits per heavy atom. The maximum absolute atomic E-state index is 13.3. The van der Waals surface area contributed by atoms with Gasteiger partial charge in [0.1, 0.15) is 0 Å². The lowest BCUT2D eigenvalue weighted by Gasteiger charge is -2.13. The van der Waals surface area contributed by atoms with E-state index in [2.05, 4.69) is 15.3 Å². The van der Waals surface area contributed by atoms with E-state index >= 15 is 0 Å². The Balaban J connectivity index is 1.58. The molecule has 0 spiro atoms. The number of aryl methyl sites for hydroxylation is 1. The van der Waals surface area contributed by atoms with Crippen LogP contribution in [0.15, 0.2) is 59.7 Å². The number of benzene rings is 2. The zero-order valence-corrected chi connectivity index (χ0v) is 17.3. The maximum Gasteiger partial charge on any atom is 0.416 e. The van der Waals surface area contributed by atoms with E-state index in [9.17, 15) is 18.0 Å². The Hall–Kier alpha value is -3.48. The number of anilines is 1. The molecule has 0 atom stereocenters. The minimum absolute atomic E-state index is 0.0267. The summed E-state index contributed by atoms with van der Waals surface area (Å²) in [5.74, 6) is 0.0819. The van der Waals surface area contributed by atoms with Gasteiger partial charge < -0.3 is 5.32 Å². The molecule has 2 aromatic carbocycles. The molecular weight excluding hydrogens is 415 g/mol. The van der Waals surface area contributed by atoms with Gasteiger partial charge in [-0.2, -0.15) is 13.2 Å². The molecule has 1 aliphatic carbocycles. The van der Waals surface area contributed by atoms with E-state index in [1.54, 1.807) is 6.20 Å². The molecule has 32 heavy (non-hydrogen) atoms. The standard InChI is InChI=1S/C25H20F3N3O/c1-14-10-21-22(12-19(14)25(26,27)28)31-23(32)13-20(30-21)17-5-2-4-16(11-17)18-6-3-9-29-24(18)15-7-8-15/h2-6,9-12,15H,7-8,13H2,1H3,(H,31,32). The Kier molecular flexibility index (Phi) is 4.84. The van der Waals surface area contributed by atoms with Gasteiger partial charge in [0, 0.05) is 17.7 Å². The van der Waals surface area contributed by atoms with Gasteiger partial charge in [0.15, 0.2) is 0 Å². The topological polar surface area (TPSA) is 54.4 Å². The number of fused-ring (bicyclic) bond motifs is 1. The Morgan fingerprint density at radius 2 is 1.81 bits per heavy atom. The molecule has 1 aliphatic heterocycles. The van der Waals surface area contributed by atoms with E-state index in [1.165, 1.54) is 13.0 Å². The van der Waals surface area contributed by atoms with Crippen LogP contribution in [0.4, 0.5) is 24.5 Å². The molecule has 1 fully saturated rings. The predicted molar refractivity (Wildman–Crippen MR) is 117 cm³/mol. The van der Waals surface area contributed by atoms with Gasteiger partial charge in [-0.25, -0.2) is 0 Å². The van der Waals surface area contributed by atoms with Gasteiger partial charge in [0.2, 0.25) is 5.91 Å². The predicted octanol–water partition coefficient (Wildman–Crippen LogP) is 6.42. The van der Waals surface area contributed by atoms with E-state index < -0.39 is 17.6 Å². The van der Waals surface area contributed by atoms with Crippen LogP contribution >= 0.6 is 0 Å². The summed E-state index contributed by atoms with van der Waals surface area (Å²) >= 11 is 0. The van der Waals surface area contributed by atoms with E-state index in [0.717, 1.165) is 41.3 Å². The molecule has 1 N–H and O–H groups in total. The van der Waals surface area contributed by atoms with E-state index in [1.807, 2.05) is 36.4 Å². The molecule has 3 aromatic rings. The van der Waals surface area contributed by atoms with Crippen LogP contribution in [0.5, 0.6) is 0 Å². The summed E-state index contributed by atoms with van der Waals surface area (Å²) in [6.07, 6.45) is -0.463. The average Bonchev–Trinajstić information content (AvgIpc) is 3.60. The van der Waals surface area contributed by atoms with Crippen LogP contribution in [0, 0.1) is 6.92 Å². The Morgan fingerprint density at radius 3 is 2.56 bits per heavy atom. The second-order valence-electron chi connectivity index (χ2n) is 8.26. The molecule has 162 valence electrons. The number of hydrogen-bond donors (Lipinski definition) is 1. The number of carbonyl (C=O) groups excluding carboxylic acids is 1. The summed E-state index contributed by atoms with van der Waals surface area (Å²) in [5, 5.41) is 2.58. The molecule has 0 unspecified atom stereocenters. The number of halogens is 3. The molecule has 0 bridgehead atoms. The lowest BCUT2D eigenvalue weighted by molar-refractivity contribution is -0.138. The van der Waals surface area contributed by atoms with Crippen molar-refractivity contribution < 1.29 is 18.0 Å². The SMILES string of the molecule is Cc1cc2c(cc1C(F)(F)F)NC(=O)CC(c1cccc(-c3cccnc3C3CC3)c1)=N2. The monoisotopic (exact) mass is 435 g/mol. The number of alkyl halides is 3. The summed E-state index contributed by atoms with van der Waals surface area (Å²) in [5.41, 5.74) is 4.06. The van der Waals surface area contributed by atoms with Crippen molar-refractivity contribution in [3.8, 4) is 11.1 Å². The summed E-state index contributed by atoms with van der Waals surface area (Å²) in [6, 6.07) is 14.0. The fourth-order valence-electron chi connectivity index (χ4n) is 4.10. The van der Waals surface area contributed by atoms with Gasteiger partial charge in [-0.05, 0) is 60.7 Å². The lowest BCUT2D eigenvalue weighted by atomic mass is 9.97. The van der Waals surface area contributed by atoms with Crippen LogP contribution in [-0.2, 0) is 11.0 Å². The maximum atomic E-state index is 13.3. The zero-order valence-electron chi connectivity index (χ0n) is 17.3. The highest BCUT2D eigenvalue weighted by Gasteiger charge is 2.34. The molecule has 4 nitrogen and oxygen atoms in total. The third kappa shape index (κ3) is 3.90. The van der Waals surface area contributed by atoms with Crippen molar-refractivity contribution in [2.24, 2.45) is 4.99 Å². The molecule has 7 heteroatoms. The zero-order chi connectivity index (χ0) is 22.5. The van der Waals surface area contributed by atoms with Crippen LogP contribution in [-0.4, -0.2) is 16.6 Å². The van der Waals surface area contributed by atoms with Crippen LogP contribution in [0.1, 0.15) is 47.6 Å². The molecule has 5 rings (SSSR count). The van der Waals surface area contributed by atoms with Crippen molar-refractivity contribution >= 4 is 23.0 Å². The van der Waals surface area contributed by atoms with E-state index in [0.29, 0.717) is 17.3 Å². The van der Waals surface area contributed by atoms with Gasteiger partial charge >= 0.3 is 6.18 Å². The number of nitrogens with one attached hydrogen (secondary N) is 1. The highest BCUT2D eigenvalue weighted by atomic mass is 19.4. The average molecular weight is 435 g/mol.